The van der Waals surface area contributed by atoms with E-state index in [0.29, 0.717) is 0 Å². The molecule has 1 rings (SSSR count). The molecular formula is C15H16F2N2O7. The standard InChI is InChI=1S/C15H16F2N2O7/c1-2-24-15(23)19-11(20)8-25-12(21)7-18-13(22)9-5-3-4-6-10(9)26-14(16)17/h3-6,14H,2,7-8H2,1H3,(H,18,22)(H,19,20,23). The number of carbonyl (C=O) groups excluding carboxylic acids is 4. The van der Waals surface area contributed by atoms with Crippen molar-refractivity contribution in [3.8, 4) is 5.75 Å². The van der Waals surface area contributed by atoms with Crippen molar-refractivity contribution >= 4 is 23.9 Å². The second-order valence-corrected chi connectivity index (χ2v) is 4.49. The van der Waals surface area contributed by atoms with E-state index in [1.165, 1.54) is 31.2 Å². The molecule has 0 aliphatic rings. The minimum Gasteiger partial charge on any atom is -0.454 e. The highest BCUT2D eigenvalue weighted by atomic mass is 19.3. The highest BCUT2D eigenvalue weighted by molar-refractivity contribution is 5.98. The number of esters is 1. The molecule has 1 aromatic carbocycles. The van der Waals surface area contributed by atoms with Gasteiger partial charge in [0.05, 0.1) is 12.2 Å². The Morgan fingerprint density at radius 3 is 2.46 bits per heavy atom. The Bertz CT molecular complexity index is 667. The van der Waals surface area contributed by atoms with Crippen molar-refractivity contribution < 1.29 is 42.2 Å². The number of hydrogen-bond acceptors (Lipinski definition) is 7. The largest absolute Gasteiger partial charge is 0.454 e. The number of alkyl carbamates (subject to hydrolysis) is 1. The maximum atomic E-state index is 12.3. The van der Waals surface area contributed by atoms with Gasteiger partial charge in [-0.05, 0) is 19.1 Å². The van der Waals surface area contributed by atoms with E-state index in [9.17, 15) is 28.0 Å². The summed E-state index contributed by atoms with van der Waals surface area (Å²) in [5.41, 5.74) is -0.208. The van der Waals surface area contributed by atoms with E-state index in [1.807, 2.05) is 0 Å². The quantitative estimate of drug-likeness (QED) is 0.647. The zero-order valence-electron chi connectivity index (χ0n) is 13.6. The Labute approximate surface area is 146 Å². The summed E-state index contributed by atoms with van der Waals surface area (Å²) in [6.45, 7) is -2.92. The summed E-state index contributed by atoms with van der Waals surface area (Å²) < 4.78 is 37.8. The average Bonchev–Trinajstić information content (AvgIpc) is 2.58. The summed E-state index contributed by atoms with van der Waals surface area (Å²) in [5.74, 6) is -3.11. The Hall–Kier alpha value is -3.24. The molecular weight excluding hydrogens is 358 g/mol. The number of amides is 3. The van der Waals surface area contributed by atoms with Crippen LogP contribution in [-0.2, 0) is 19.1 Å². The Morgan fingerprint density at radius 2 is 1.81 bits per heavy atom. The Kier molecular flexibility index (Phi) is 8.47. The van der Waals surface area contributed by atoms with Crippen LogP contribution in [0.15, 0.2) is 24.3 Å². The van der Waals surface area contributed by atoms with Crippen LogP contribution in [0.2, 0.25) is 0 Å². The zero-order chi connectivity index (χ0) is 19.5. The molecule has 0 bridgehead atoms. The first-order valence-electron chi connectivity index (χ1n) is 7.27. The predicted molar refractivity (Wildman–Crippen MR) is 81.5 cm³/mol. The number of hydrogen-bond donors (Lipinski definition) is 2. The van der Waals surface area contributed by atoms with Gasteiger partial charge in [0.25, 0.3) is 11.8 Å². The lowest BCUT2D eigenvalue weighted by Crippen LogP contribution is -2.36. The van der Waals surface area contributed by atoms with Crippen LogP contribution in [0.1, 0.15) is 17.3 Å². The Morgan fingerprint density at radius 1 is 1.12 bits per heavy atom. The molecule has 26 heavy (non-hydrogen) atoms. The molecule has 142 valence electrons. The van der Waals surface area contributed by atoms with Crippen LogP contribution in [-0.4, -0.2) is 50.2 Å². The van der Waals surface area contributed by atoms with Crippen LogP contribution in [0, 0.1) is 0 Å². The molecule has 0 spiro atoms. The number of para-hydroxylation sites is 1. The summed E-state index contributed by atoms with van der Waals surface area (Å²) in [4.78, 5) is 45.6. The number of carbonyl (C=O) groups is 4. The summed E-state index contributed by atoms with van der Waals surface area (Å²) in [7, 11) is 0. The summed E-state index contributed by atoms with van der Waals surface area (Å²) >= 11 is 0. The molecule has 0 fully saturated rings. The first-order valence-corrected chi connectivity index (χ1v) is 7.27. The van der Waals surface area contributed by atoms with E-state index in [2.05, 4.69) is 19.5 Å². The SMILES string of the molecule is CCOC(=O)NC(=O)COC(=O)CNC(=O)c1ccccc1OC(F)F. The van der Waals surface area contributed by atoms with Crippen LogP contribution < -0.4 is 15.4 Å². The normalized spacial score (nSPS) is 10.0. The van der Waals surface area contributed by atoms with Gasteiger partial charge in [0.1, 0.15) is 12.3 Å². The van der Waals surface area contributed by atoms with Crippen LogP contribution in [0.4, 0.5) is 13.6 Å². The lowest BCUT2D eigenvalue weighted by atomic mass is 10.2. The lowest BCUT2D eigenvalue weighted by Gasteiger charge is -2.10. The van der Waals surface area contributed by atoms with Gasteiger partial charge in [-0.1, -0.05) is 12.1 Å². The van der Waals surface area contributed by atoms with E-state index in [1.54, 1.807) is 5.32 Å². The molecule has 0 radical (unpaired) electrons. The molecule has 2 N–H and O–H groups in total. The molecule has 0 aromatic heterocycles. The maximum Gasteiger partial charge on any atom is 0.413 e. The molecule has 11 heteroatoms. The fourth-order valence-electron chi connectivity index (χ4n) is 1.61. The third kappa shape index (κ3) is 7.55. The van der Waals surface area contributed by atoms with Crippen molar-refractivity contribution in [1.82, 2.24) is 10.6 Å². The molecule has 3 amide bonds. The summed E-state index contributed by atoms with van der Waals surface area (Å²) in [6, 6.07) is 5.21. The van der Waals surface area contributed by atoms with Crippen LogP contribution in [0.5, 0.6) is 5.75 Å². The third-order valence-corrected chi connectivity index (χ3v) is 2.62. The fourth-order valence-corrected chi connectivity index (χ4v) is 1.61. The monoisotopic (exact) mass is 374 g/mol. The van der Waals surface area contributed by atoms with Crippen LogP contribution >= 0.6 is 0 Å². The number of benzene rings is 1. The van der Waals surface area contributed by atoms with Gasteiger partial charge in [-0.3, -0.25) is 19.7 Å². The second kappa shape index (κ2) is 10.6. The highest BCUT2D eigenvalue weighted by Gasteiger charge is 2.17. The van der Waals surface area contributed by atoms with Gasteiger partial charge in [0.2, 0.25) is 0 Å². The van der Waals surface area contributed by atoms with E-state index in [0.717, 1.165) is 0 Å². The van der Waals surface area contributed by atoms with E-state index < -0.39 is 43.6 Å². The van der Waals surface area contributed by atoms with Gasteiger partial charge in [-0.15, -0.1) is 0 Å². The topological polar surface area (TPSA) is 120 Å². The number of rotatable bonds is 8. The van der Waals surface area contributed by atoms with Crippen LogP contribution in [0.3, 0.4) is 0 Å². The smallest absolute Gasteiger partial charge is 0.413 e. The first-order chi connectivity index (χ1) is 12.3. The molecule has 1 aromatic rings. The third-order valence-electron chi connectivity index (χ3n) is 2.62. The number of nitrogens with one attached hydrogen (secondary N) is 2. The van der Waals surface area contributed by atoms with Crippen molar-refractivity contribution in [2.24, 2.45) is 0 Å². The van der Waals surface area contributed by atoms with Crippen molar-refractivity contribution in [3.63, 3.8) is 0 Å². The number of alkyl halides is 2. The molecule has 0 heterocycles. The average molecular weight is 374 g/mol. The Balaban J connectivity index is 2.44. The van der Waals surface area contributed by atoms with E-state index in [-0.39, 0.29) is 17.9 Å². The molecule has 9 nitrogen and oxygen atoms in total. The van der Waals surface area contributed by atoms with Gasteiger partial charge in [0, 0.05) is 0 Å². The summed E-state index contributed by atoms with van der Waals surface area (Å²) in [6.07, 6.45) is -0.988. The minimum atomic E-state index is -3.12. The number of ether oxygens (including phenoxy) is 3. The number of halogens is 2. The van der Waals surface area contributed by atoms with Gasteiger partial charge in [0.15, 0.2) is 6.61 Å². The minimum absolute atomic E-state index is 0.0572. The molecule has 0 aliphatic heterocycles. The van der Waals surface area contributed by atoms with Gasteiger partial charge in [-0.2, -0.15) is 8.78 Å². The van der Waals surface area contributed by atoms with Crippen LogP contribution in [0.25, 0.3) is 0 Å². The van der Waals surface area contributed by atoms with Crippen molar-refractivity contribution in [3.05, 3.63) is 29.8 Å². The molecule has 0 aliphatic carbocycles. The molecule has 0 saturated carbocycles. The van der Waals surface area contributed by atoms with Gasteiger partial charge >= 0.3 is 18.7 Å². The van der Waals surface area contributed by atoms with Crippen molar-refractivity contribution in [1.29, 1.82) is 0 Å². The van der Waals surface area contributed by atoms with E-state index in [4.69, 9.17) is 0 Å². The van der Waals surface area contributed by atoms with Gasteiger partial charge in [-0.25, -0.2) is 4.79 Å². The number of imide groups is 1. The van der Waals surface area contributed by atoms with Crippen molar-refractivity contribution in [2.75, 3.05) is 19.8 Å². The highest BCUT2D eigenvalue weighted by Crippen LogP contribution is 2.19. The lowest BCUT2D eigenvalue weighted by molar-refractivity contribution is -0.147. The first kappa shape index (κ1) is 20.8. The molecule has 0 unspecified atom stereocenters. The fraction of sp³-hybridized carbons (Fsp3) is 0.333. The summed E-state index contributed by atoms with van der Waals surface area (Å²) in [5, 5.41) is 3.94. The van der Waals surface area contributed by atoms with E-state index >= 15 is 0 Å². The predicted octanol–water partition coefficient (Wildman–Crippen LogP) is 0.834. The van der Waals surface area contributed by atoms with Gasteiger partial charge < -0.3 is 19.5 Å². The molecule has 0 saturated heterocycles. The zero-order valence-corrected chi connectivity index (χ0v) is 13.6. The van der Waals surface area contributed by atoms with Crippen molar-refractivity contribution in [2.45, 2.75) is 13.5 Å². The molecule has 0 atom stereocenters. The maximum absolute atomic E-state index is 12.3. The second-order valence-electron chi connectivity index (χ2n) is 4.49.